The average molecular weight is 347 g/mol. The fraction of sp³-hybridized carbons (Fsp3) is 0.267. The lowest BCUT2D eigenvalue weighted by molar-refractivity contribution is -0.136. The molecule has 2 N–H and O–H groups in total. The number of anilines is 1. The molecule has 0 amide bonds. The Hall–Kier alpha value is -2.81. The minimum absolute atomic E-state index is 0.00727. The summed E-state index contributed by atoms with van der Waals surface area (Å²) in [6.45, 7) is 0. The predicted molar refractivity (Wildman–Crippen MR) is 93.4 cm³/mol. The van der Waals surface area contributed by atoms with E-state index in [0.717, 1.165) is 15.9 Å². The Morgan fingerprint density at radius 1 is 1.42 bits per heavy atom. The summed E-state index contributed by atoms with van der Waals surface area (Å²) in [5.74, 6) is -1.00. The average Bonchev–Trinajstić information content (AvgIpc) is 2.54. The van der Waals surface area contributed by atoms with Crippen LogP contribution < -0.4 is 10.5 Å². The van der Waals surface area contributed by atoms with Gasteiger partial charge in [0.05, 0.1) is 12.6 Å². The van der Waals surface area contributed by atoms with Crippen LogP contribution in [-0.4, -0.2) is 46.3 Å². The second-order valence-electron chi connectivity index (χ2n) is 5.22. The maximum atomic E-state index is 12.3. The third-order valence-corrected chi connectivity index (χ3v) is 3.49. The summed E-state index contributed by atoms with van der Waals surface area (Å²) in [6, 6.07) is 7.58. The lowest BCUT2D eigenvalue weighted by Crippen LogP contribution is -2.25. The molecule has 0 aliphatic heterocycles. The molecule has 24 heavy (non-hydrogen) atoms. The number of rotatable bonds is 6. The molecule has 0 radical (unpaired) electrons. The van der Waals surface area contributed by atoms with Crippen molar-refractivity contribution in [1.82, 2.24) is 14.9 Å². The molecule has 0 bridgehead atoms. The van der Waals surface area contributed by atoms with E-state index < -0.39 is 11.5 Å². The number of hydrogen-bond acceptors (Lipinski definition) is 6. The zero-order valence-corrected chi connectivity index (χ0v) is 14.1. The van der Waals surface area contributed by atoms with Crippen LogP contribution in [-0.2, 0) is 11.2 Å². The largest absolute Gasteiger partial charge is 0.481 e. The highest BCUT2D eigenvalue weighted by atomic mass is 32.1. The van der Waals surface area contributed by atoms with Gasteiger partial charge in [0.15, 0.2) is 0 Å². The Kier molecular flexibility index (Phi) is 5.59. The van der Waals surface area contributed by atoms with Gasteiger partial charge in [-0.2, -0.15) is 14.9 Å². The molecule has 1 aromatic carbocycles. The molecule has 1 heterocycles. The quantitative estimate of drug-likeness (QED) is 0.602. The molecule has 2 aromatic rings. The molecule has 0 atom stereocenters. The van der Waals surface area contributed by atoms with Crippen molar-refractivity contribution in [3.05, 3.63) is 50.6 Å². The number of nitrogens with zero attached hydrogens (tertiary/aromatic N) is 4. The Bertz CT molecular complexity index is 868. The second kappa shape index (κ2) is 7.64. The number of benzene rings is 1. The van der Waals surface area contributed by atoms with Crippen LogP contribution in [0.3, 0.4) is 0 Å². The number of aliphatic carboxylic acids is 1. The maximum Gasteiger partial charge on any atom is 0.303 e. The van der Waals surface area contributed by atoms with Crippen molar-refractivity contribution in [3.8, 4) is 0 Å². The number of carboxylic acids is 1. The monoisotopic (exact) mass is 347 g/mol. The Labute approximate surface area is 143 Å². The molecule has 0 saturated heterocycles. The van der Waals surface area contributed by atoms with E-state index in [1.807, 2.05) is 43.3 Å². The van der Waals surface area contributed by atoms with E-state index in [4.69, 9.17) is 17.3 Å². The van der Waals surface area contributed by atoms with E-state index in [1.54, 1.807) is 0 Å². The van der Waals surface area contributed by atoms with Crippen molar-refractivity contribution in [3.63, 3.8) is 0 Å². The minimum atomic E-state index is -1.00. The number of H-pyrrole nitrogens is 1. The normalized spacial score (nSPS) is 10.9. The molecular weight excluding hydrogens is 330 g/mol. The van der Waals surface area contributed by atoms with E-state index in [2.05, 4.69) is 15.3 Å². The van der Waals surface area contributed by atoms with Gasteiger partial charge in [0.1, 0.15) is 5.69 Å². The molecule has 126 valence electrons. The van der Waals surface area contributed by atoms with Crippen molar-refractivity contribution >= 4 is 30.1 Å². The molecule has 0 fully saturated rings. The molecule has 0 aliphatic rings. The summed E-state index contributed by atoms with van der Waals surface area (Å²) >= 11 is 5.01. The highest BCUT2D eigenvalue weighted by Gasteiger charge is 2.08. The van der Waals surface area contributed by atoms with Gasteiger partial charge in [-0.3, -0.25) is 14.7 Å². The van der Waals surface area contributed by atoms with Crippen LogP contribution >= 0.6 is 12.2 Å². The smallest absolute Gasteiger partial charge is 0.303 e. The fourth-order valence-corrected chi connectivity index (χ4v) is 2.08. The van der Waals surface area contributed by atoms with E-state index in [-0.39, 0.29) is 23.3 Å². The van der Waals surface area contributed by atoms with Gasteiger partial charge in [-0.15, -0.1) is 0 Å². The summed E-state index contributed by atoms with van der Waals surface area (Å²) in [4.78, 5) is 24.9. The highest BCUT2D eigenvalue weighted by Crippen LogP contribution is 2.10. The second-order valence-corrected chi connectivity index (χ2v) is 5.60. The summed E-state index contributed by atoms with van der Waals surface area (Å²) in [5, 5.41) is 19.1. The molecule has 0 spiro atoms. The maximum absolute atomic E-state index is 12.3. The van der Waals surface area contributed by atoms with Crippen LogP contribution in [0.25, 0.3) is 0 Å². The van der Waals surface area contributed by atoms with Crippen LogP contribution in [0.1, 0.15) is 17.7 Å². The standard InChI is InChI=1S/C15H17N5O3S/c1-19(2)11-5-3-10(4-6-11)9-16-20-14(23)12(7-8-13(21)22)17-18-15(20)24/h3-6,9H,7-8H2,1-2H3,(H,18,24)(H,21,22)/b16-9-. The van der Waals surface area contributed by atoms with Crippen LogP contribution in [0, 0.1) is 4.77 Å². The van der Waals surface area contributed by atoms with Crippen molar-refractivity contribution in [2.75, 3.05) is 19.0 Å². The molecule has 0 unspecified atom stereocenters. The Morgan fingerprint density at radius 2 is 2.08 bits per heavy atom. The lowest BCUT2D eigenvalue weighted by Gasteiger charge is -2.11. The molecule has 0 saturated carbocycles. The van der Waals surface area contributed by atoms with E-state index >= 15 is 0 Å². The number of nitrogens with one attached hydrogen (secondary N) is 1. The zero-order chi connectivity index (χ0) is 17.7. The van der Waals surface area contributed by atoms with Crippen LogP contribution in [0.2, 0.25) is 0 Å². The third kappa shape index (κ3) is 4.35. The van der Waals surface area contributed by atoms with E-state index in [0.29, 0.717) is 0 Å². The molecule has 0 aliphatic carbocycles. The molecular formula is C15H17N5O3S. The van der Waals surface area contributed by atoms with Gasteiger partial charge in [0.2, 0.25) is 4.77 Å². The number of hydrogen-bond donors (Lipinski definition) is 2. The number of aromatic nitrogens is 3. The summed E-state index contributed by atoms with van der Waals surface area (Å²) in [5.41, 5.74) is 1.39. The fourth-order valence-electron chi connectivity index (χ4n) is 1.90. The van der Waals surface area contributed by atoms with Crippen molar-refractivity contribution in [1.29, 1.82) is 0 Å². The van der Waals surface area contributed by atoms with E-state index in [1.165, 1.54) is 6.21 Å². The lowest BCUT2D eigenvalue weighted by atomic mass is 10.2. The number of carboxylic acid groups (broad SMARTS) is 1. The van der Waals surface area contributed by atoms with Crippen molar-refractivity contribution < 1.29 is 9.90 Å². The SMILES string of the molecule is CN(C)c1ccc(/C=N\n2c(=S)[nH]nc(CCC(=O)O)c2=O)cc1. The number of carbonyl (C=O) groups is 1. The van der Waals surface area contributed by atoms with Gasteiger partial charge >= 0.3 is 5.97 Å². The predicted octanol–water partition coefficient (Wildman–Crippen LogP) is 1.27. The van der Waals surface area contributed by atoms with Gasteiger partial charge in [-0.1, -0.05) is 12.1 Å². The topological polar surface area (TPSA) is 104 Å². The molecule has 9 heteroatoms. The Morgan fingerprint density at radius 3 is 2.67 bits per heavy atom. The highest BCUT2D eigenvalue weighted by molar-refractivity contribution is 7.71. The summed E-state index contributed by atoms with van der Waals surface area (Å²) < 4.78 is 1.04. The first-order chi connectivity index (χ1) is 11.4. The Balaban J connectivity index is 2.28. The van der Waals surface area contributed by atoms with Crippen molar-refractivity contribution in [2.45, 2.75) is 12.8 Å². The minimum Gasteiger partial charge on any atom is -0.481 e. The first-order valence-corrected chi connectivity index (χ1v) is 7.53. The first kappa shape index (κ1) is 17.5. The van der Waals surface area contributed by atoms with E-state index in [9.17, 15) is 9.59 Å². The van der Waals surface area contributed by atoms with Crippen LogP contribution in [0.5, 0.6) is 0 Å². The van der Waals surface area contributed by atoms with Crippen molar-refractivity contribution in [2.24, 2.45) is 5.10 Å². The number of aromatic amines is 1. The molecule has 8 nitrogen and oxygen atoms in total. The van der Waals surface area contributed by atoms with Crippen LogP contribution in [0.4, 0.5) is 5.69 Å². The van der Waals surface area contributed by atoms with Gasteiger partial charge < -0.3 is 10.0 Å². The summed E-state index contributed by atoms with van der Waals surface area (Å²) in [7, 11) is 3.88. The van der Waals surface area contributed by atoms with Crippen LogP contribution in [0.15, 0.2) is 34.2 Å². The van der Waals surface area contributed by atoms with Gasteiger partial charge in [-0.25, -0.2) is 0 Å². The first-order valence-electron chi connectivity index (χ1n) is 7.12. The number of aryl methyl sites for hydroxylation is 1. The van der Waals surface area contributed by atoms with Gasteiger partial charge in [0.25, 0.3) is 5.56 Å². The molecule has 1 aromatic heterocycles. The molecule has 2 rings (SSSR count). The van der Waals surface area contributed by atoms with Gasteiger partial charge in [-0.05, 0) is 29.9 Å². The van der Waals surface area contributed by atoms with Gasteiger partial charge in [0, 0.05) is 26.2 Å². The summed E-state index contributed by atoms with van der Waals surface area (Å²) in [6.07, 6.45) is 1.32. The zero-order valence-electron chi connectivity index (χ0n) is 13.3. The third-order valence-electron chi connectivity index (χ3n) is 3.23.